The molecule has 3 N–H and O–H groups in total. The first-order chi connectivity index (χ1) is 7.27. The average Bonchev–Trinajstić information content (AvgIpc) is 2.27. The quantitative estimate of drug-likeness (QED) is 0.811. The zero-order valence-corrected chi connectivity index (χ0v) is 10.0. The van der Waals surface area contributed by atoms with E-state index in [0.29, 0.717) is 25.3 Å². The van der Waals surface area contributed by atoms with E-state index in [1.165, 1.54) is 0 Å². The summed E-state index contributed by atoms with van der Waals surface area (Å²) in [5.74, 6) is -0.0931. The molecule has 90 valence electrons. The predicted octanol–water partition coefficient (Wildman–Crippen LogP) is 0.943. The normalized spacial score (nSPS) is 9.38. The van der Waals surface area contributed by atoms with E-state index in [1.54, 1.807) is 19.2 Å². The summed E-state index contributed by atoms with van der Waals surface area (Å²) >= 11 is 0. The average molecular weight is 245 g/mol. The lowest BCUT2D eigenvalue weighted by Gasteiger charge is -2.04. The minimum absolute atomic E-state index is 0. The minimum atomic E-state index is -0.0931. The van der Waals surface area contributed by atoms with Crippen molar-refractivity contribution in [2.45, 2.75) is 6.61 Å². The molecule has 1 amide bonds. The Labute approximate surface area is 102 Å². The fraction of sp³-hybridized carbons (Fsp3) is 0.364. The number of hydrogen-bond acceptors (Lipinski definition) is 3. The van der Waals surface area contributed by atoms with Gasteiger partial charge in [0.25, 0.3) is 5.91 Å². The second kappa shape index (κ2) is 8.10. The maximum absolute atomic E-state index is 11.5. The first-order valence-electron chi connectivity index (χ1n) is 4.84. The van der Waals surface area contributed by atoms with Crippen molar-refractivity contribution < 1.29 is 9.53 Å². The number of halogens is 1. The van der Waals surface area contributed by atoms with Crippen LogP contribution in [0.2, 0.25) is 0 Å². The van der Waals surface area contributed by atoms with Crippen molar-refractivity contribution in [1.29, 1.82) is 0 Å². The molecule has 1 aromatic carbocycles. The van der Waals surface area contributed by atoms with Gasteiger partial charge in [-0.05, 0) is 17.7 Å². The molecule has 0 atom stereocenters. The zero-order chi connectivity index (χ0) is 11.1. The van der Waals surface area contributed by atoms with Crippen molar-refractivity contribution in [3.05, 3.63) is 35.4 Å². The highest BCUT2D eigenvalue weighted by atomic mass is 35.5. The van der Waals surface area contributed by atoms with Gasteiger partial charge in [-0.3, -0.25) is 4.79 Å². The second-order valence-electron chi connectivity index (χ2n) is 3.17. The highest BCUT2D eigenvalue weighted by molar-refractivity contribution is 5.94. The highest BCUT2D eigenvalue weighted by Gasteiger charge is 2.03. The van der Waals surface area contributed by atoms with E-state index in [2.05, 4.69) is 5.32 Å². The number of hydrogen-bond donors (Lipinski definition) is 2. The molecule has 0 bridgehead atoms. The number of carbonyl (C=O) groups is 1. The van der Waals surface area contributed by atoms with Crippen LogP contribution in [0.4, 0.5) is 0 Å². The molecule has 0 aliphatic heterocycles. The van der Waals surface area contributed by atoms with Gasteiger partial charge in [-0.15, -0.1) is 12.4 Å². The first-order valence-corrected chi connectivity index (χ1v) is 4.84. The fourth-order valence-electron chi connectivity index (χ4n) is 1.21. The largest absolute Gasteiger partial charge is 0.380 e. The molecule has 0 unspecified atom stereocenters. The van der Waals surface area contributed by atoms with E-state index in [-0.39, 0.29) is 18.3 Å². The number of nitrogens with one attached hydrogen (secondary N) is 1. The van der Waals surface area contributed by atoms with E-state index in [4.69, 9.17) is 10.5 Å². The topological polar surface area (TPSA) is 64.3 Å². The fourth-order valence-corrected chi connectivity index (χ4v) is 1.21. The van der Waals surface area contributed by atoms with Crippen LogP contribution in [0.15, 0.2) is 24.3 Å². The van der Waals surface area contributed by atoms with E-state index >= 15 is 0 Å². The Morgan fingerprint density at radius 2 is 2.00 bits per heavy atom. The van der Waals surface area contributed by atoms with Crippen molar-refractivity contribution in [1.82, 2.24) is 5.32 Å². The Balaban J connectivity index is 0.00000225. The third-order valence-corrected chi connectivity index (χ3v) is 1.96. The summed E-state index contributed by atoms with van der Waals surface area (Å²) in [5, 5.41) is 2.70. The lowest BCUT2D eigenvalue weighted by molar-refractivity contribution is 0.0954. The second-order valence-corrected chi connectivity index (χ2v) is 3.17. The summed E-state index contributed by atoms with van der Waals surface area (Å²) in [5.41, 5.74) is 6.98. The summed E-state index contributed by atoms with van der Waals surface area (Å²) in [6.45, 7) is 1.51. The molecule has 1 aromatic rings. The molecule has 0 aliphatic rings. The third kappa shape index (κ3) is 4.61. The third-order valence-electron chi connectivity index (χ3n) is 1.96. The van der Waals surface area contributed by atoms with Crippen molar-refractivity contribution >= 4 is 18.3 Å². The molecule has 0 saturated carbocycles. The smallest absolute Gasteiger partial charge is 0.251 e. The minimum Gasteiger partial charge on any atom is -0.380 e. The Hall–Kier alpha value is -1.10. The van der Waals surface area contributed by atoms with Gasteiger partial charge in [0.2, 0.25) is 0 Å². The molecule has 0 radical (unpaired) electrons. The molecular weight excluding hydrogens is 228 g/mol. The Kier molecular flexibility index (Phi) is 7.54. The van der Waals surface area contributed by atoms with Crippen LogP contribution in [0.5, 0.6) is 0 Å². The van der Waals surface area contributed by atoms with E-state index in [9.17, 15) is 4.79 Å². The molecule has 0 spiro atoms. The summed E-state index contributed by atoms with van der Waals surface area (Å²) in [4.78, 5) is 11.5. The number of benzene rings is 1. The van der Waals surface area contributed by atoms with Crippen LogP contribution in [0.3, 0.4) is 0 Å². The number of rotatable bonds is 5. The van der Waals surface area contributed by atoms with Crippen LogP contribution in [0.25, 0.3) is 0 Å². The number of methoxy groups -OCH3 is 1. The van der Waals surface area contributed by atoms with Crippen LogP contribution < -0.4 is 11.1 Å². The molecule has 0 heterocycles. The van der Waals surface area contributed by atoms with Crippen LogP contribution in [-0.2, 0) is 11.3 Å². The standard InChI is InChI=1S/C11H16N2O2.ClH/c1-15-8-9-2-4-10(5-3-9)11(14)13-7-6-12;/h2-5H,6-8,12H2,1H3,(H,13,14);1H. The number of ether oxygens (including phenoxy) is 1. The Morgan fingerprint density at radius 3 is 2.50 bits per heavy atom. The van der Waals surface area contributed by atoms with Gasteiger partial charge >= 0.3 is 0 Å². The van der Waals surface area contributed by atoms with Gasteiger partial charge < -0.3 is 15.8 Å². The van der Waals surface area contributed by atoms with Gasteiger partial charge in [0.1, 0.15) is 0 Å². The van der Waals surface area contributed by atoms with Gasteiger partial charge in [0, 0.05) is 25.8 Å². The molecule has 1 rings (SSSR count). The Bertz CT molecular complexity index is 314. The predicted molar refractivity (Wildman–Crippen MR) is 65.8 cm³/mol. The number of amides is 1. The summed E-state index contributed by atoms with van der Waals surface area (Å²) in [7, 11) is 1.64. The highest BCUT2D eigenvalue weighted by Crippen LogP contribution is 2.05. The van der Waals surface area contributed by atoms with Crippen LogP contribution in [0.1, 0.15) is 15.9 Å². The lowest BCUT2D eigenvalue weighted by Crippen LogP contribution is -2.28. The molecule has 4 nitrogen and oxygen atoms in total. The maximum atomic E-state index is 11.5. The maximum Gasteiger partial charge on any atom is 0.251 e. The van der Waals surface area contributed by atoms with Crippen LogP contribution in [0, 0.1) is 0 Å². The van der Waals surface area contributed by atoms with Gasteiger partial charge in [-0.25, -0.2) is 0 Å². The van der Waals surface area contributed by atoms with Crippen molar-refractivity contribution in [2.24, 2.45) is 5.73 Å². The molecule has 5 heteroatoms. The van der Waals surface area contributed by atoms with Crippen molar-refractivity contribution in [2.75, 3.05) is 20.2 Å². The number of nitrogens with two attached hydrogens (primary N) is 1. The van der Waals surface area contributed by atoms with E-state index < -0.39 is 0 Å². The monoisotopic (exact) mass is 244 g/mol. The van der Waals surface area contributed by atoms with E-state index in [0.717, 1.165) is 5.56 Å². The molecule has 0 aromatic heterocycles. The first kappa shape index (κ1) is 14.9. The lowest BCUT2D eigenvalue weighted by atomic mass is 10.1. The number of carbonyl (C=O) groups excluding carboxylic acids is 1. The molecule has 0 fully saturated rings. The van der Waals surface area contributed by atoms with Crippen LogP contribution >= 0.6 is 12.4 Å². The molecular formula is C11H17ClN2O2. The summed E-state index contributed by atoms with van der Waals surface area (Å²) < 4.78 is 4.98. The van der Waals surface area contributed by atoms with E-state index in [1.807, 2.05) is 12.1 Å². The van der Waals surface area contributed by atoms with Gasteiger partial charge in [0.15, 0.2) is 0 Å². The van der Waals surface area contributed by atoms with Crippen molar-refractivity contribution in [3.63, 3.8) is 0 Å². The molecule has 0 aliphatic carbocycles. The summed E-state index contributed by atoms with van der Waals surface area (Å²) in [6.07, 6.45) is 0. The SMILES string of the molecule is COCc1ccc(C(=O)NCCN)cc1.Cl. The van der Waals surface area contributed by atoms with Gasteiger partial charge in [-0.2, -0.15) is 0 Å². The summed E-state index contributed by atoms with van der Waals surface area (Å²) in [6, 6.07) is 7.31. The molecule has 16 heavy (non-hydrogen) atoms. The van der Waals surface area contributed by atoms with Gasteiger partial charge in [0.05, 0.1) is 6.61 Å². The zero-order valence-electron chi connectivity index (χ0n) is 9.23. The molecule has 0 saturated heterocycles. The Morgan fingerprint density at radius 1 is 1.38 bits per heavy atom. The van der Waals surface area contributed by atoms with Crippen molar-refractivity contribution in [3.8, 4) is 0 Å². The van der Waals surface area contributed by atoms with Crippen LogP contribution in [-0.4, -0.2) is 26.1 Å². The van der Waals surface area contributed by atoms with Gasteiger partial charge in [-0.1, -0.05) is 12.1 Å².